The highest BCUT2D eigenvalue weighted by Gasteiger charge is 2.24. The van der Waals surface area contributed by atoms with Crippen LogP contribution in [-0.2, 0) is 6.54 Å². The average Bonchev–Trinajstić information content (AvgIpc) is 2.95. The summed E-state index contributed by atoms with van der Waals surface area (Å²) < 4.78 is 5.20. The van der Waals surface area contributed by atoms with Crippen LogP contribution >= 0.6 is 0 Å². The minimum Gasteiger partial charge on any atom is -0.351 e. The quantitative estimate of drug-likeness (QED) is 0.820. The van der Waals surface area contributed by atoms with E-state index in [2.05, 4.69) is 20.0 Å². The largest absolute Gasteiger partial charge is 0.351 e. The molecular formula is C17H23N5O4. The van der Waals surface area contributed by atoms with Crippen LogP contribution in [0.5, 0.6) is 0 Å². The zero-order valence-corrected chi connectivity index (χ0v) is 14.9. The van der Waals surface area contributed by atoms with Gasteiger partial charge in [0.2, 0.25) is 5.76 Å². The molecule has 1 amide bonds. The van der Waals surface area contributed by atoms with Gasteiger partial charge in [-0.2, -0.15) is 0 Å². The summed E-state index contributed by atoms with van der Waals surface area (Å²) in [5.41, 5.74) is 0.408. The monoisotopic (exact) mass is 361 g/mol. The van der Waals surface area contributed by atoms with E-state index in [-0.39, 0.29) is 17.6 Å². The Balaban J connectivity index is 1.63. The van der Waals surface area contributed by atoms with E-state index in [0.29, 0.717) is 31.9 Å². The Kier molecular flexibility index (Phi) is 5.36. The summed E-state index contributed by atoms with van der Waals surface area (Å²) in [6.45, 7) is 7.03. The van der Waals surface area contributed by atoms with Crippen molar-refractivity contribution < 1.29 is 9.32 Å². The van der Waals surface area contributed by atoms with Gasteiger partial charge in [0.15, 0.2) is 0 Å². The number of hydrogen-bond donors (Lipinski definition) is 2. The third kappa shape index (κ3) is 4.29. The van der Waals surface area contributed by atoms with Gasteiger partial charge in [0.1, 0.15) is 0 Å². The second-order valence-corrected chi connectivity index (χ2v) is 6.81. The van der Waals surface area contributed by atoms with Gasteiger partial charge in [-0.25, -0.2) is 4.79 Å². The highest BCUT2D eigenvalue weighted by atomic mass is 16.5. The Morgan fingerprint density at radius 1 is 1.19 bits per heavy atom. The topological polar surface area (TPSA) is 115 Å². The van der Waals surface area contributed by atoms with Gasteiger partial charge in [-0.3, -0.25) is 19.5 Å². The maximum absolute atomic E-state index is 12.6. The zero-order chi connectivity index (χ0) is 18.7. The minimum absolute atomic E-state index is 0.157. The normalized spacial score (nSPS) is 16.0. The number of carbonyl (C=O) groups excluding carboxylic acids is 1. The molecule has 3 rings (SSSR count). The van der Waals surface area contributed by atoms with Gasteiger partial charge in [-0.1, -0.05) is 19.0 Å². The molecule has 1 aliphatic heterocycles. The first-order valence-corrected chi connectivity index (χ1v) is 8.73. The lowest BCUT2D eigenvalue weighted by Crippen LogP contribution is -2.35. The van der Waals surface area contributed by atoms with Gasteiger partial charge < -0.3 is 14.4 Å². The van der Waals surface area contributed by atoms with E-state index in [1.54, 1.807) is 11.0 Å². The van der Waals surface area contributed by atoms with Crippen molar-refractivity contribution in [3.05, 3.63) is 50.1 Å². The summed E-state index contributed by atoms with van der Waals surface area (Å²) in [6, 6.07) is 3.09. The first-order chi connectivity index (χ1) is 12.4. The van der Waals surface area contributed by atoms with Gasteiger partial charge in [-0.15, -0.1) is 0 Å². The first kappa shape index (κ1) is 18.1. The molecule has 2 N–H and O–H groups in total. The molecule has 2 aromatic heterocycles. The number of nitrogens with one attached hydrogen (secondary N) is 2. The molecule has 1 aliphatic rings. The van der Waals surface area contributed by atoms with E-state index in [9.17, 15) is 14.4 Å². The number of hydrogen-bond acceptors (Lipinski definition) is 6. The molecule has 1 saturated heterocycles. The van der Waals surface area contributed by atoms with Crippen LogP contribution in [0.4, 0.5) is 0 Å². The summed E-state index contributed by atoms with van der Waals surface area (Å²) in [4.78, 5) is 44.1. The number of H-pyrrole nitrogens is 2. The van der Waals surface area contributed by atoms with E-state index in [4.69, 9.17) is 4.52 Å². The van der Waals surface area contributed by atoms with E-state index < -0.39 is 11.2 Å². The fraction of sp³-hybridized carbons (Fsp3) is 0.529. The summed E-state index contributed by atoms with van der Waals surface area (Å²) in [6.07, 6.45) is 0.796. The Labute approximate surface area is 150 Å². The second-order valence-electron chi connectivity index (χ2n) is 6.81. The fourth-order valence-electron chi connectivity index (χ4n) is 3.00. The molecule has 0 aromatic carbocycles. The molecule has 1 fully saturated rings. The van der Waals surface area contributed by atoms with Crippen LogP contribution in [0.1, 0.15) is 48.1 Å². The van der Waals surface area contributed by atoms with Crippen LogP contribution in [0.2, 0.25) is 0 Å². The lowest BCUT2D eigenvalue weighted by atomic mass is 10.1. The molecule has 0 bridgehead atoms. The summed E-state index contributed by atoms with van der Waals surface area (Å²) in [5.74, 6) is 0.313. The van der Waals surface area contributed by atoms with Crippen molar-refractivity contribution >= 4 is 5.91 Å². The van der Waals surface area contributed by atoms with E-state index in [1.807, 2.05) is 13.8 Å². The molecule has 0 aliphatic carbocycles. The number of aromatic nitrogens is 3. The van der Waals surface area contributed by atoms with Crippen molar-refractivity contribution in [2.75, 3.05) is 26.2 Å². The van der Waals surface area contributed by atoms with Crippen LogP contribution in [0.3, 0.4) is 0 Å². The van der Waals surface area contributed by atoms with Crippen molar-refractivity contribution in [1.82, 2.24) is 24.9 Å². The van der Waals surface area contributed by atoms with Crippen molar-refractivity contribution in [1.29, 1.82) is 0 Å². The van der Waals surface area contributed by atoms with Crippen LogP contribution in [0, 0.1) is 0 Å². The number of carbonyl (C=O) groups is 1. The Bertz CT molecular complexity index is 853. The minimum atomic E-state index is -0.509. The Morgan fingerprint density at radius 3 is 2.69 bits per heavy atom. The molecule has 3 heterocycles. The van der Waals surface area contributed by atoms with Gasteiger partial charge >= 0.3 is 5.69 Å². The van der Waals surface area contributed by atoms with Crippen LogP contribution in [-0.4, -0.2) is 57.0 Å². The second kappa shape index (κ2) is 7.69. The molecular weight excluding hydrogens is 338 g/mol. The number of rotatable bonds is 4. The maximum atomic E-state index is 12.6. The van der Waals surface area contributed by atoms with Crippen LogP contribution < -0.4 is 11.2 Å². The summed E-state index contributed by atoms with van der Waals surface area (Å²) >= 11 is 0. The SMILES string of the molecule is CC(C)c1cc(C(=O)N2CCCN(Cc3cc(=O)[nH]c(=O)[nH]3)CC2)on1. The molecule has 9 nitrogen and oxygen atoms in total. The third-order valence-electron chi connectivity index (χ3n) is 4.42. The lowest BCUT2D eigenvalue weighted by Gasteiger charge is -2.21. The van der Waals surface area contributed by atoms with Gasteiger partial charge in [-0.05, 0) is 12.3 Å². The van der Waals surface area contributed by atoms with Crippen molar-refractivity contribution in [2.24, 2.45) is 0 Å². The van der Waals surface area contributed by atoms with E-state index in [1.165, 1.54) is 6.07 Å². The summed E-state index contributed by atoms with van der Waals surface area (Å²) in [5, 5.41) is 3.94. The Hall–Kier alpha value is -2.68. The highest BCUT2D eigenvalue weighted by Crippen LogP contribution is 2.16. The smallest absolute Gasteiger partial charge is 0.325 e. The average molecular weight is 361 g/mol. The van der Waals surface area contributed by atoms with Gasteiger partial charge in [0.05, 0.1) is 5.69 Å². The molecule has 0 saturated carbocycles. The molecule has 2 aromatic rings. The molecule has 26 heavy (non-hydrogen) atoms. The van der Waals surface area contributed by atoms with E-state index in [0.717, 1.165) is 18.7 Å². The predicted molar refractivity (Wildman–Crippen MR) is 94.1 cm³/mol. The van der Waals surface area contributed by atoms with Gasteiger partial charge in [0, 0.05) is 50.6 Å². The van der Waals surface area contributed by atoms with Crippen LogP contribution in [0.15, 0.2) is 26.2 Å². The van der Waals surface area contributed by atoms with Gasteiger partial charge in [0.25, 0.3) is 11.5 Å². The lowest BCUT2D eigenvalue weighted by molar-refractivity contribution is 0.0719. The van der Waals surface area contributed by atoms with Crippen molar-refractivity contribution in [3.63, 3.8) is 0 Å². The Morgan fingerprint density at radius 2 is 2.00 bits per heavy atom. The first-order valence-electron chi connectivity index (χ1n) is 8.73. The molecule has 0 atom stereocenters. The predicted octanol–water partition coefficient (Wildman–Crippen LogP) is 0.523. The van der Waals surface area contributed by atoms with Crippen LogP contribution in [0.25, 0.3) is 0 Å². The molecule has 0 unspecified atom stereocenters. The molecule has 0 radical (unpaired) electrons. The number of nitrogens with zero attached hydrogens (tertiary/aromatic N) is 3. The maximum Gasteiger partial charge on any atom is 0.325 e. The highest BCUT2D eigenvalue weighted by molar-refractivity contribution is 5.91. The third-order valence-corrected chi connectivity index (χ3v) is 4.42. The molecule has 9 heteroatoms. The number of amides is 1. The summed E-state index contributed by atoms with van der Waals surface area (Å²) in [7, 11) is 0. The molecule has 0 spiro atoms. The van der Waals surface area contributed by atoms with Crippen molar-refractivity contribution in [3.8, 4) is 0 Å². The molecule has 140 valence electrons. The standard InChI is InChI=1S/C17H23N5O4/c1-11(2)13-9-14(26-20-13)16(24)22-5-3-4-21(6-7-22)10-12-8-15(23)19-17(25)18-12/h8-9,11H,3-7,10H2,1-2H3,(H2,18,19,23,25). The fourth-order valence-corrected chi connectivity index (χ4v) is 3.00. The van der Waals surface area contributed by atoms with E-state index >= 15 is 0 Å². The number of aromatic amines is 2. The zero-order valence-electron chi connectivity index (χ0n) is 14.9. The van der Waals surface area contributed by atoms with Crippen molar-refractivity contribution in [2.45, 2.75) is 32.7 Å².